The molecule has 1 unspecified atom stereocenters. The fraction of sp³-hybridized carbons (Fsp3) is 0.174. The number of phenols is 1. The molecule has 1 aliphatic heterocycles. The van der Waals surface area contributed by atoms with E-state index in [2.05, 4.69) is 9.97 Å². The number of benzene rings is 1. The number of ketones is 1. The summed E-state index contributed by atoms with van der Waals surface area (Å²) in [5.41, 5.74) is 0.868. The number of thiazole rings is 1. The minimum absolute atomic E-state index is 0.0791. The van der Waals surface area contributed by atoms with E-state index in [9.17, 15) is 24.6 Å². The molecule has 1 amide bonds. The number of Topliss-reactive ketones (excluding diaryl/α,β-unsaturated/α-hetero) is 1. The number of hydrogen-bond acceptors (Lipinski definition) is 9. The number of aliphatic hydroxyl groups is 1. The Morgan fingerprint density at radius 2 is 1.94 bits per heavy atom. The van der Waals surface area contributed by atoms with Crippen LogP contribution in [0.3, 0.4) is 0 Å². The Labute approximate surface area is 192 Å². The minimum atomic E-state index is -1.08. The number of rotatable bonds is 5. The monoisotopic (exact) mass is 465 g/mol. The molecule has 0 bridgehead atoms. The van der Waals surface area contributed by atoms with E-state index in [0.717, 1.165) is 16.2 Å². The number of carbonyl (C=O) groups is 3. The highest BCUT2D eigenvalue weighted by Gasteiger charge is 2.48. The van der Waals surface area contributed by atoms with E-state index in [1.165, 1.54) is 36.7 Å². The van der Waals surface area contributed by atoms with Crippen LogP contribution in [0.25, 0.3) is 5.76 Å². The zero-order chi connectivity index (χ0) is 23.7. The lowest BCUT2D eigenvalue weighted by Crippen LogP contribution is -2.29. The third-order valence-corrected chi connectivity index (χ3v) is 6.17. The van der Waals surface area contributed by atoms with E-state index < -0.39 is 23.7 Å². The molecule has 1 saturated heterocycles. The average molecular weight is 465 g/mol. The number of carbonyl (C=O) groups excluding carboxylic acids is 3. The number of nitrogens with zero attached hydrogens (tertiary/aromatic N) is 3. The lowest BCUT2D eigenvalue weighted by Gasteiger charge is -2.23. The van der Waals surface area contributed by atoms with Crippen LogP contribution in [0.1, 0.15) is 39.5 Å². The fourth-order valence-electron chi connectivity index (χ4n) is 3.58. The number of aromatic nitrogens is 2. The van der Waals surface area contributed by atoms with E-state index in [1.807, 2.05) is 0 Å². The van der Waals surface area contributed by atoms with Gasteiger partial charge in [0.25, 0.3) is 5.78 Å². The summed E-state index contributed by atoms with van der Waals surface area (Å²) in [6.45, 7) is 3.45. The van der Waals surface area contributed by atoms with Gasteiger partial charge in [0.1, 0.15) is 16.4 Å². The quantitative estimate of drug-likeness (QED) is 0.254. The molecular weight excluding hydrogens is 446 g/mol. The molecule has 3 heterocycles. The molecule has 33 heavy (non-hydrogen) atoms. The van der Waals surface area contributed by atoms with Gasteiger partial charge < -0.3 is 14.9 Å². The maximum absolute atomic E-state index is 13.1. The molecule has 3 aromatic rings. The summed E-state index contributed by atoms with van der Waals surface area (Å²) >= 11 is 0.913. The Bertz CT molecular complexity index is 1280. The van der Waals surface area contributed by atoms with Crippen LogP contribution in [0.2, 0.25) is 0 Å². The van der Waals surface area contributed by atoms with Crippen LogP contribution in [-0.4, -0.2) is 44.4 Å². The van der Waals surface area contributed by atoms with Gasteiger partial charge in [0, 0.05) is 18.0 Å². The van der Waals surface area contributed by atoms with Crippen molar-refractivity contribution in [3.05, 3.63) is 76.1 Å². The average Bonchev–Trinajstić information content (AvgIpc) is 3.31. The number of aromatic hydroxyl groups is 1. The highest BCUT2D eigenvalue weighted by molar-refractivity contribution is 7.17. The second kappa shape index (κ2) is 8.83. The lowest BCUT2D eigenvalue weighted by molar-refractivity contribution is -0.132. The van der Waals surface area contributed by atoms with Crippen LogP contribution in [0.15, 0.2) is 54.4 Å². The highest BCUT2D eigenvalue weighted by Crippen LogP contribution is 2.44. The summed E-state index contributed by atoms with van der Waals surface area (Å²) in [4.78, 5) is 48.1. The number of esters is 1. The van der Waals surface area contributed by atoms with Crippen molar-refractivity contribution in [3.63, 3.8) is 0 Å². The second-order valence-corrected chi connectivity index (χ2v) is 8.11. The summed E-state index contributed by atoms with van der Waals surface area (Å²) in [6, 6.07) is 7.97. The number of ether oxygens (including phenoxy) is 1. The Hall–Kier alpha value is -4.05. The van der Waals surface area contributed by atoms with Crippen molar-refractivity contribution in [2.45, 2.75) is 19.9 Å². The van der Waals surface area contributed by atoms with Crippen molar-refractivity contribution >= 4 is 39.9 Å². The molecule has 0 saturated carbocycles. The number of amides is 1. The SMILES string of the molecule is CCOC(=O)c1sc(N2C(=O)C(=O)C(=C(O)c3ccncc3)C2c2cccc(O)c2)nc1C. The maximum Gasteiger partial charge on any atom is 0.350 e. The Balaban J connectivity index is 1.92. The number of anilines is 1. The zero-order valence-corrected chi connectivity index (χ0v) is 18.5. The summed E-state index contributed by atoms with van der Waals surface area (Å²) < 4.78 is 5.05. The van der Waals surface area contributed by atoms with Crippen molar-refractivity contribution in [3.8, 4) is 5.75 Å². The largest absolute Gasteiger partial charge is 0.508 e. The van der Waals surface area contributed by atoms with Gasteiger partial charge in [0.15, 0.2) is 5.13 Å². The Kier molecular flexibility index (Phi) is 5.93. The van der Waals surface area contributed by atoms with E-state index in [-0.39, 0.29) is 33.7 Å². The van der Waals surface area contributed by atoms with E-state index in [1.54, 1.807) is 26.0 Å². The van der Waals surface area contributed by atoms with Crippen LogP contribution < -0.4 is 4.90 Å². The molecule has 10 heteroatoms. The molecule has 4 rings (SSSR count). The summed E-state index contributed by atoms with van der Waals surface area (Å²) in [5, 5.41) is 21.1. The lowest BCUT2D eigenvalue weighted by atomic mass is 9.95. The predicted molar refractivity (Wildman–Crippen MR) is 120 cm³/mol. The van der Waals surface area contributed by atoms with Crippen LogP contribution in [0.5, 0.6) is 5.75 Å². The number of phenolic OH excluding ortho intramolecular Hbond substituents is 1. The van der Waals surface area contributed by atoms with Gasteiger partial charge in [-0.2, -0.15) is 0 Å². The topological polar surface area (TPSA) is 130 Å². The molecule has 9 nitrogen and oxygen atoms in total. The molecule has 0 spiro atoms. The standard InChI is InChI=1S/C23H19N3O6S/c1-3-32-22(31)20-12(2)25-23(33-20)26-17(14-5-4-6-15(27)11-14)16(19(29)21(26)30)18(28)13-7-9-24-10-8-13/h4-11,17,27-28H,3H2,1-2H3. The molecule has 1 fully saturated rings. The van der Waals surface area contributed by atoms with Crippen LogP contribution in [0.4, 0.5) is 5.13 Å². The van der Waals surface area contributed by atoms with E-state index in [4.69, 9.17) is 4.74 Å². The first-order valence-electron chi connectivity index (χ1n) is 9.98. The van der Waals surface area contributed by atoms with Gasteiger partial charge in [0.2, 0.25) is 0 Å². The van der Waals surface area contributed by atoms with Crippen molar-refractivity contribution in [2.75, 3.05) is 11.5 Å². The van der Waals surface area contributed by atoms with Gasteiger partial charge in [0.05, 0.1) is 23.9 Å². The number of aryl methyl sites for hydroxylation is 1. The number of pyridine rings is 1. The summed E-state index contributed by atoms with van der Waals surface area (Å²) in [6.07, 6.45) is 2.90. The van der Waals surface area contributed by atoms with Crippen molar-refractivity contribution in [1.82, 2.24) is 9.97 Å². The van der Waals surface area contributed by atoms with Crippen LogP contribution in [0, 0.1) is 6.92 Å². The molecule has 1 atom stereocenters. The smallest absolute Gasteiger partial charge is 0.350 e. The second-order valence-electron chi connectivity index (χ2n) is 7.13. The van der Waals surface area contributed by atoms with Gasteiger partial charge in [-0.15, -0.1) is 0 Å². The highest BCUT2D eigenvalue weighted by atomic mass is 32.1. The maximum atomic E-state index is 13.1. The van der Waals surface area contributed by atoms with Crippen LogP contribution >= 0.6 is 11.3 Å². The van der Waals surface area contributed by atoms with Crippen molar-refractivity contribution in [2.24, 2.45) is 0 Å². The molecule has 1 aromatic carbocycles. The first-order chi connectivity index (χ1) is 15.8. The van der Waals surface area contributed by atoms with E-state index >= 15 is 0 Å². The van der Waals surface area contributed by atoms with Gasteiger partial charge in [-0.1, -0.05) is 23.5 Å². The number of aliphatic hydroxyl groups excluding tert-OH is 1. The van der Waals surface area contributed by atoms with Gasteiger partial charge in [-0.05, 0) is 43.7 Å². The minimum Gasteiger partial charge on any atom is -0.508 e. The first-order valence-corrected chi connectivity index (χ1v) is 10.8. The van der Waals surface area contributed by atoms with Crippen LogP contribution in [-0.2, 0) is 14.3 Å². The van der Waals surface area contributed by atoms with Gasteiger partial charge in [-0.25, -0.2) is 9.78 Å². The Morgan fingerprint density at radius 1 is 1.21 bits per heavy atom. The molecule has 0 radical (unpaired) electrons. The first kappa shape index (κ1) is 22.2. The van der Waals surface area contributed by atoms with Crippen molar-refractivity contribution in [1.29, 1.82) is 0 Å². The number of hydrogen-bond donors (Lipinski definition) is 2. The Morgan fingerprint density at radius 3 is 2.61 bits per heavy atom. The normalized spacial score (nSPS) is 17.4. The molecule has 0 aliphatic carbocycles. The summed E-state index contributed by atoms with van der Waals surface area (Å²) in [5.74, 6) is -2.87. The third-order valence-electron chi connectivity index (χ3n) is 5.04. The van der Waals surface area contributed by atoms with Gasteiger partial charge >= 0.3 is 11.9 Å². The summed E-state index contributed by atoms with van der Waals surface area (Å²) in [7, 11) is 0. The predicted octanol–water partition coefficient (Wildman–Crippen LogP) is 3.36. The molecule has 168 valence electrons. The zero-order valence-electron chi connectivity index (χ0n) is 17.7. The molecular formula is C23H19N3O6S. The fourth-order valence-corrected chi connectivity index (χ4v) is 4.56. The van der Waals surface area contributed by atoms with Gasteiger partial charge in [-0.3, -0.25) is 19.5 Å². The molecule has 2 aromatic heterocycles. The molecule has 2 N–H and O–H groups in total. The molecule has 1 aliphatic rings. The third kappa shape index (κ3) is 3.96. The van der Waals surface area contributed by atoms with E-state index in [0.29, 0.717) is 16.8 Å². The van der Waals surface area contributed by atoms with Crippen molar-refractivity contribution < 1.29 is 29.3 Å².